The van der Waals surface area contributed by atoms with E-state index in [9.17, 15) is 18.0 Å². The number of Topliss-reactive ketones (excluding diaryl/α,β-unsaturated/α-hetero) is 1. The fraction of sp³-hybridized carbons (Fsp3) is 0.500. The number of benzene rings is 1. The van der Waals surface area contributed by atoms with Crippen LogP contribution in [0.15, 0.2) is 18.2 Å². The van der Waals surface area contributed by atoms with Crippen molar-refractivity contribution in [3.63, 3.8) is 0 Å². The van der Waals surface area contributed by atoms with Gasteiger partial charge < -0.3 is 0 Å². The quantitative estimate of drug-likeness (QED) is 0.783. The minimum absolute atomic E-state index is 0.162. The number of halogens is 3. The van der Waals surface area contributed by atoms with Crippen molar-refractivity contribution < 1.29 is 18.0 Å². The summed E-state index contributed by atoms with van der Waals surface area (Å²) in [5.41, 5.74) is 3.08. The molecule has 0 aliphatic carbocycles. The van der Waals surface area contributed by atoms with Crippen LogP contribution >= 0.6 is 0 Å². The van der Waals surface area contributed by atoms with Gasteiger partial charge in [0.15, 0.2) is 0 Å². The van der Waals surface area contributed by atoms with Gasteiger partial charge >= 0.3 is 6.18 Å². The molecule has 0 aliphatic rings. The van der Waals surface area contributed by atoms with E-state index >= 15 is 0 Å². The van der Waals surface area contributed by atoms with Crippen molar-refractivity contribution in [2.24, 2.45) is 0 Å². The molecule has 0 saturated carbocycles. The van der Waals surface area contributed by atoms with Crippen LogP contribution in [-0.2, 0) is 24.1 Å². The Labute approximate surface area is 105 Å². The molecule has 18 heavy (non-hydrogen) atoms. The van der Waals surface area contributed by atoms with Gasteiger partial charge in [0.25, 0.3) is 0 Å². The third kappa shape index (κ3) is 3.59. The largest absolute Gasteiger partial charge is 0.449 e. The summed E-state index contributed by atoms with van der Waals surface area (Å²) < 4.78 is 36.4. The molecule has 0 aromatic heterocycles. The average Bonchev–Trinajstić information content (AvgIpc) is 2.33. The molecule has 1 rings (SSSR count). The Morgan fingerprint density at radius 1 is 1.11 bits per heavy atom. The summed E-state index contributed by atoms with van der Waals surface area (Å²) in [5.74, 6) is -1.65. The second-order valence-corrected chi connectivity index (χ2v) is 4.18. The number of carbonyl (C=O) groups excluding carboxylic acids is 1. The number of alkyl halides is 3. The lowest BCUT2D eigenvalue weighted by Crippen LogP contribution is -2.23. The number of hydrogen-bond acceptors (Lipinski definition) is 1. The highest BCUT2D eigenvalue weighted by atomic mass is 19.4. The maximum Gasteiger partial charge on any atom is 0.449 e. The maximum atomic E-state index is 12.1. The molecule has 0 N–H and O–H groups in total. The van der Waals surface area contributed by atoms with E-state index in [1.807, 2.05) is 32.0 Å². The van der Waals surface area contributed by atoms with Gasteiger partial charge in [-0.2, -0.15) is 13.2 Å². The Balaban J connectivity index is 2.82. The summed E-state index contributed by atoms with van der Waals surface area (Å²) >= 11 is 0. The summed E-state index contributed by atoms with van der Waals surface area (Å²) in [7, 11) is 0. The molecule has 4 heteroatoms. The van der Waals surface area contributed by atoms with E-state index in [4.69, 9.17) is 0 Å². The third-order valence-corrected chi connectivity index (χ3v) is 3.04. The molecule has 0 aliphatic heterocycles. The molecule has 0 unspecified atom stereocenters. The predicted molar refractivity (Wildman–Crippen MR) is 64.6 cm³/mol. The van der Waals surface area contributed by atoms with E-state index in [2.05, 4.69) is 0 Å². The van der Waals surface area contributed by atoms with Crippen molar-refractivity contribution in [2.45, 2.75) is 45.7 Å². The molecule has 0 amide bonds. The van der Waals surface area contributed by atoms with E-state index in [-0.39, 0.29) is 6.42 Å². The SMILES string of the molecule is CCc1cccc(CCC(=O)C(F)(F)F)c1CC. The lowest BCUT2D eigenvalue weighted by Gasteiger charge is -2.12. The van der Waals surface area contributed by atoms with Crippen LogP contribution < -0.4 is 0 Å². The number of carbonyl (C=O) groups is 1. The molecule has 0 radical (unpaired) electrons. The highest BCUT2D eigenvalue weighted by Crippen LogP contribution is 2.22. The highest BCUT2D eigenvalue weighted by Gasteiger charge is 2.37. The summed E-state index contributed by atoms with van der Waals surface area (Å²) in [6.45, 7) is 3.99. The van der Waals surface area contributed by atoms with E-state index < -0.39 is 18.4 Å². The highest BCUT2D eigenvalue weighted by molar-refractivity contribution is 5.84. The molecule has 0 saturated heterocycles. The van der Waals surface area contributed by atoms with Gasteiger partial charge in [-0.25, -0.2) is 0 Å². The standard InChI is InChI=1S/C14H17F3O/c1-3-10-6-5-7-11(12(10)4-2)8-9-13(18)14(15,16)17/h5-7H,3-4,8-9H2,1-2H3. The zero-order valence-electron chi connectivity index (χ0n) is 10.6. The molecule has 1 aromatic carbocycles. The Morgan fingerprint density at radius 3 is 2.22 bits per heavy atom. The Bertz CT molecular complexity index is 422. The van der Waals surface area contributed by atoms with Gasteiger partial charge in [0.05, 0.1) is 0 Å². The fourth-order valence-corrected chi connectivity index (χ4v) is 2.10. The van der Waals surface area contributed by atoms with Crippen LogP contribution in [0, 0.1) is 0 Å². The first-order chi connectivity index (χ1) is 8.40. The van der Waals surface area contributed by atoms with Crippen molar-refractivity contribution >= 4 is 5.78 Å². The second-order valence-electron chi connectivity index (χ2n) is 4.18. The number of rotatable bonds is 5. The van der Waals surface area contributed by atoms with Crippen LogP contribution in [0.3, 0.4) is 0 Å². The molecule has 0 atom stereocenters. The minimum atomic E-state index is -4.71. The monoisotopic (exact) mass is 258 g/mol. The molecule has 0 fully saturated rings. The Kier molecular flexibility index (Phi) is 4.93. The molecule has 1 aromatic rings. The smallest absolute Gasteiger partial charge is 0.290 e. The van der Waals surface area contributed by atoms with Crippen LogP contribution in [0.4, 0.5) is 13.2 Å². The van der Waals surface area contributed by atoms with Crippen LogP contribution in [0.5, 0.6) is 0 Å². The van der Waals surface area contributed by atoms with Gasteiger partial charge in [0.1, 0.15) is 0 Å². The van der Waals surface area contributed by atoms with Crippen molar-refractivity contribution in [2.75, 3.05) is 0 Å². The van der Waals surface area contributed by atoms with Crippen LogP contribution in [0.25, 0.3) is 0 Å². The van der Waals surface area contributed by atoms with Gasteiger partial charge in [-0.1, -0.05) is 32.0 Å². The Hall–Kier alpha value is -1.32. The predicted octanol–water partition coefficient (Wildman–Crippen LogP) is 3.88. The summed E-state index contributed by atoms with van der Waals surface area (Å²) in [6, 6.07) is 5.63. The molecule has 0 bridgehead atoms. The normalized spacial score (nSPS) is 11.6. The van der Waals surface area contributed by atoms with Crippen LogP contribution in [0.2, 0.25) is 0 Å². The van der Waals surface area contributed by atoms with Gasteiger partial charge in [-0.3, -0.25) is 4.79 Å². The third-order valence-electron chi connectivity index (χ3n) is 3.04. The van der Waals surface area contributed by atoms with E-state index in [1.165, 1.54) is 0 Å². The van der Waals surface area contributed by atoms with E-state index in [0.29, 0.717) is 0 Å². The van der Waals surface area contributed by atoms with E-state index in [1.54, 1.807) is 0 Å². The molecule has 0 spiro atoms. The number of ketones is 1. The second kappa shape index (κ2) is 6.03. The lowest BCUT2D eigenvalue weighted by molar-refractivity contribution is -0.171. The van der Waals surface area contributed by atoms with Crippen LogP contribution in [-0.4, -0.2) is 12.0 Å². The van der Waals surface area contributed by atoms with Crippen molar-refractivity contribution in [3.05, 3.63) is 34.9 Å². The summed E-state index contributed by atoms with van der Waals surface area (Å²) in [6.07, 6.45) is -3.39. The van der Waals surface area contributed by atoms with Crippen molar-refractivity contribution in [3.8, 4) is 0 Å². The van der Waals surface area contributed by atoms with Gasteiger partial charge in [-0.15, -0.1) is 0 Å². The molecular weight excluding hydrogens is 241 g/mol. The Morgan fingerprint density at radius 2 is 1.72 bits per heavy atom. The first-order valence-corrected chi connectivity index (χ1v) is 6.09. The van der Waals surface area contributed by atoms with Gasteiger partial charge in [-0.05, 0) is 36.0 Å². The molecule has 0 heterocycles. The maximum absolute atomic E-state index is 12.1. The first kappa shape index (κ1) is 14.7. The number of hydrogen-bond donors (Lipinski definition) is 0. The van der Waals surface area contributed by atoms with Gasteiger partial charge in [0.2, 0.25) is 5.78 Å². The average molecular weight is 258 g/mol. The lowest BCUT2D eigenvalue weighted by atomic mass is 9.94. The zero-order chi connectivity index (χ0) is 13.8. The molecule has 1 nitrogen and oxygen atoms in total. The molecular formula is C14H17F3O. The number of aryl methyl sites for hydroxylation is 2. The van der Waals surface area contributed by atoms with Crippen LogP contribution in [0.1, 0.15) is 37.0 Å². The zero-order valence-corrected chi connectivity index (χ0v) is 10.6. The van der Waals surface area contributed by atoms with Crippen molar-refractivity contribution in [1.82, 2.24) is 0 Å². The summed E-state index contributed by atoms with van der Waals surface area (Å²) in [4.78, 5) is 10.9. The fourth-order valence-electron chi connectivity index (χ4n) is 2.10. The first-order valence-electron chi connectivity index (χ1n) is 6.09. The van der Waals surface area contributed by atoms with E-state index in [0.717, 1.165) is 29.5 Å². The van der Waals surface area contributed by atoms with Crippen molar-refractivity contribution in [1.29, 1.82) is 0 Å². The topological polar surface area (TPSA) is 17.1 Å². The minimum Gasteiger partial charge on any atom is -0.290 e. The van der Waals surface area contributed by atoms with Gasteiger partial charge in [0, 0.05) is 6.42 Å². The summed E-state index contributed by atoms with van der Waals surface area (Å²) in [5, 5.41) is 0. The molecule has 100 valence electrons.